The van der Waals surface area contributed by atoms with Crippen LogP contribution in [0.25, 0.3) is 0 Å². The number of anilines is 1. The number of amides is 1. The van der Waals surface area contributed by atoms with Crippen LogP contribution in [0.1, 0.15) is 25.7 Å². The second kappa shape index (κ2) is 6.51. The number of carboxylic acids is 1. The Hall–Kier alpha value is -1.63. The van der Waals surface area contributed by atoms with Crippen molar-refractivity contribution in [3.63, 3.8) is 0 Å². The first-order valence-corrected chi connectivity index (χ1v) is 7.22. The zero-order valence-corrected chi connectivity index (χ0v) is 11.4. The van der Waals surface area contributed by atoms with Gasteiger partial charge in [0.1, 0.15) is 6.04 Å². The molecule has 2 N–H and O–H groups in total. The van der Waals surface area contributed by atoms with Crippen LogP contribution in [0.2, 0.25) is 0 Å². The number of thiazole rings is 1. The van der Waals surface area contributed by atoms with Crippen molar-refractivity contribution in [1.82, 2.24) is 10.3 Å². The zero-order chi connectivity index (χ0) is 13.7. The highest BCUT2D eigenvalue weighted by Crippen LogP contribution is 2.27. The summed E-state index contributed by atoms with van der Waals surface area (Å²) in [5.41, 5.74) is 0. The number of nitrogens with one attached hydrogen (secondary N) is 1. The zero-order valence-electron chi connectivity index (χ0n) is 10.5. The first-order chi connectivity index (χ1) is 9.18. The van der Waals surface area contributed by atoms with E-state index in [0.29, 0.717) is 13.0 Å². The van der Waals surface area contributed by atoms with Crippen molar-refractivity contribution in [1.29, 1.82) is 0 Å². The van der Waals surface area contributed by atoms with E-state index >= 15 is 0 Å². The van der Waals surface area contributed by atoms with E-state index in [1.807, 2.05) is 10.3 Å². The molecule has 1 atom stereocenters. The fourth-order valence-electron chi connectivity index (χ4n) is 2.20. The van der Waals surface area contributed by atoms with Crippen LogP contribution in [0.4, 0.5) is 5.13 Å². The molecule has 0 saturated carbocycles. The van der Waals surface area contributed by atoms with Crippen molar-refractivity contribution in [3.05, 3.63) is 11.6 Å². The Morgan fingerprint density at radius 3 is 3.11 bits per heavy atom. The van der Waals surface area contributed by atoms with Gasteiger partial charge in [0.05, 0.1) is 0 Å². The second-order valence-corrected chi connectivity index (χ2v) is 5.33. The van der Waals surface area contributed by atoms with Gasteiger partial charge in [0, 0.05) is 31.1 Å². The van der Waals surface area contributed by atoms with E-state index in [1.165, 1.54) is 11.3 Å². The molecule has 1 unspecified atom stereocenters. The predicted octanol–water partition coefficient (Wildman–Crippen LogP) is 1.09. The fourth-order valence-corrected chi connectivity index (χ4v) is 2.91. The van der Waals surface area contributed by atoms with Gasteiger partial charge in [0.2, 0.25) is 5.91 Å². The molecule has 19 heavy (non-hydrogen) atoms. The molecule has 7 heteroatoms. The molecule has 1 fully saturated rings. The minimum atomic E-state index is -0.834. The van der Waals surface area contributed by atoms with E-state index in [1.54, 1.807) is 6.20 Å². The molecule has 1 aliphatic rings. The minimum Gasteiger partial charge on any atom is -0.481 e. The number of carbonyl (C=O) groups excluding carboxylic acids is 1. The standard InChI is InChI=1S/C12H17N3O3S/c16-10(17)4-1-5-13-11(18)9-3-2-7-15(9)12-14-6-8-19-12/h6,8-9H,1-5,7H2,(H,13,18)(H,16,17). The van der Waals surface area contributed by atoms with Gasteiger partial charge < -0.3 is 15.3 Å². The quantitative estimate of drug-likeness (QED) is 0.764. The number of carboxylic acid groups (broad SMARTS) is 1. The molecule has 2 heterocycles. The second-order valence-electron chi connectivity index (χ2n) is 4.45. The SMILES string of the molecule is O=C(O)CCCNC(=O)C1CCCN1c1nccs1. The smallest absolute Gasteiger partial charge is 0.303 e. The molecule has 0 aliphatic carbocycles. The molecule has 1 amide bonds. The summed E-state index contributed by atoms with van der Waals surface area (Å²) in [6.45, 7) is 1.26. The maximum absolute atomic E-state index is 12.1. The van der Waals surface area contributed by atoms with Crippen LogP contribution in [-0.4, -0.2) is 41.1 Å². The van der Waals surface area contributed by atoms with Gasteiger partial charge >= 0.3 is 5.97 Å². The Kier molecular flexibility index (Phi) is 4.73. The summed E-state index contributed by atoms with van der Waals surface area (Å²) < 4.78 is 0. The number of nitrogens with zero attached hydrogens (tertiary/aromatic N) is 2. The van der Waals surface area contributed by atoms with Crippen LogP contribution in [0.5, 0.6) is 0 Å². The maximum atomic E-state index is 12.1. The van der Waals surface area contributed by atoms with Gasteiger partial charge in [-0.2, -0.15) is 0 Å². The molecule has 0 bridgehead atoms. The van der Waals surface area contributed by atoms with Crippen LogP contribution >= 0.6 is 11.3 Å². The van der Waals surface area contributed by atoms with Gasteiger partial charge in [0.15, 0.2) is 5.13 Å². The summed E-state index contributed by atoms with van der Waals surface area (Å²) in [7, 11) is 0. The molecule has 104 valence electrons. The number of aliphatic carboxylic acids is 1. The van der Waals surface area contributed by atoms with Gasteiger partial charge in [0.25, 0.3) is 0 Å². The number of hydrogen-bond acceptors (Lipinski definition) is 5. The van der Waals surface area contributed by atoms with Crippen LogP contribution in [0, 0.1) is 0 Å². The van der Waals surface area contributed by atoms with Gasteiger partial charge in [-0.3, -0.25) is 9.59 Å². The van der Waals surface area contributed by atoms with Crippen LogP contribution in [0.15, 0.2) is 11.6 Å². The molecular weight excluding hydrogens is 266 g/mol. The van der Waals surface area contributed by atoms with Crippen molar-refractivity contribution in [2.75, 3.05) is 18.0 Å². The van der Waals surface area contributed by atoms with Gasteiger partial charge in [-0.1, -0.05) is 0 Å². The summed E-state index contributed by atoms with van der Waals surface area (Å²) in [5.74, 6) is -0.863. The van der Waals surface area contributed by atoms with Gasteiger partial charge in [-0.05, 0) is 19.3 Å². The molecule has 0 aromatic carbocycles. The monoisotopic (exact) mass is 283 g/mol. The van der Waals surface area contributed by atoms with Crippen LogP contribution in [-0.2, 0) is 9.59 Å². The topological polar surface area (TPSA) is 82.5 Å². The fraction of sp³-hybridized carbons (Fsp3) is 0.583. The average Bonchev–Trinajstić information content (AvgIpc) is 3.02. The summed E-state index contributed by atoms with van der Waals surface area (Å²) in [6, 6.07) is -0.170. The Labute approximate surface area is 115 Å². The van der Waals surface area contributed by atoms with E-state index in [2.05, 4.69) is 10.3 Å². The molecule has 1 aliphatic heterocycles. The lowest BCUT2D eigenvalue weighted by molar-refractivity contribution is -0.137. The molecule has 2 rings (SSSR count). The van der Waals surface area contributed by atoms with Crippen molar-refractivity contribution >= 4 is 28.3 Å². The van der Waals surface area contributed by atoms with Crippen molar-refractivity contribution in [3.8, 4) is 0 Å². The Bertz CT molecular complexity index is 435. The summed E-state index contributed by atoms with van der Waals surface area (Å²) in [6.07, 6.45) is 4.09. The molecule has 0 radical (unpaired) electrons. The number of rotatable bonds is 6. The van der Waals surface area contributed by atoms with Gasteiger partial charge in [-0.15, -0.1) is 11.3 Å². The lowest BCUT2D eigenvalue weighted by Crippen LogP contribution is -2.43. The number of aromatic nitrogens is 1. The maximum Gasteiger partial charge on any atom is 0.303 e. The summed E-state index contributed by atoms with van der Waals surface area (Å²) in [5, 5.41) is 14.1. The molecule has 0 spiro atoms. The molecule has 6 nitrogen and oxygen atoms in total. The third kappa shape index (κ3) is 3.66. The highest BCUT2D eigenvalue weighted by Gasteiger charge is 2.31. The number of carbonyl (C=O) groups is 2. The molecule has 1 saturated heterocycles. The lowest BCUT2D eigenvalue weighted by atomic mass is 10.2. The Balaban J connectivity index is 1.83. The predicted molar refractivity (Wildman–Crippen MR) is 72.4 cm³/mol. The minimum absolute atomic E-state index is 0.0295. The van der Waals surface area contributed by atoms with E-state index in [-0.39, 0.29) is 18.4 Å². The normalized spacial score (nSPS) is 18.5. The van der Waals surface area contributed by atoms with E-state index in [9.17, 15) is 9.59 Å². The van der Waals surface area contributed by atoms with E-state index < -0.39 is 5.97 Å². The third-order valence-electron chi connectivity index (χ3n) is 3.09. The average molecular weight is 283 g/mol. The third-order valence-corrected chi connectivity index (χ3v) is 3.90. The van der Waals surface area contributed by atoms with Gasteiger partial charge in [-0.25, -0.2) is 4.98 Å². The van der Waals surface area contributed by atoms with Crippen LogP contribution in [0.3, 0.4) is 0 Å². The number of hydrogen-bond donors (Lipinski definition) is 2. The highest BCUT2D eigenvalue weighted by atomic mass is 32.1. The Morgan fingerprint density at radius 1 is 1.58 bits per heavy atom. The molecule has 1 aromatic heterocycles. The summed E-state index contributed by atoms with van der Waals surface area (Å²) in [4.78, 5) is 28.7. The van der Waals surface area contributed by atoms with Crippen molar-refractivity contribution < 1.29 is 14.7 Å². The van der Waals surface area contributed by atoms with E-state index in [4.69, 9.17) is 5.11 Å². The molecular formula is C12H17N3O3S. The lowest BCUT2D eigenvalue weighted by Gasteiger charge is -2.23. The van der Waals surface area contributed by atoms with Crippen molar-refractivity contribution in [2.45, 2.75) is 31.7 Å². The molecule has 1 aromatic rings. The highest BCUT2D eigenvalue weighted by molar-refractivity contribution is 7.13. The van der Waals surface area contributed by atoms with E-state index in [0.717, 1.165) is 24.5 Å². The van der Waals surface area contributed by atoms with Crippen molar-refractivity contribution in [2.24, 2.45) is 0 Å². The first-order valence-electron chi connectivity index (χ1n) is 6.34. The Morgan fingerprint density at radius 2 is 2.42 bits per heavy atom. The van der Waals surface area contributed by atoms with Crippen LogP contribution < -0.4 is 10.2 Å². The largest absolute Gasteiger partial charge is 0.481 e. The first kappa shape index (κ1) is 13.8. The summed E-state index contributed by atoms with van der Waals surface area (Å²) >= 11 is 1.53.